The lowest BCUT2D eigenvalue weighted by atomic mass is 10.0. The zero-order valence-corrected chi connectivity index (χ0v) is 14.2. The Morgan fingerprint density at radius 3 is 2.36 bits per heavy atom. The predicted molar refractivity (Wildman–Crippen MR) is 95.4 cm³/mol. The van der Waals surface area contributed by atoms with Gasteiger partial charge in [0, 0.05) is 17.3 Å². The minimum absolute atomic E-state index is 0.0762. The number of pyridine rings is 1. The first-order chi connectivity index (χ1) is 13.4. The van der Waals surface area contributed by atoms with Crippen LogP contribution in [0.4, 0.5) is 17.6 Å². The molecule has 0 atom stereocenters. The Bertz CT molecular complexity index is 1120. The van der Waals surface area contributed by atoms with Crippen molar-refractivity contribution in [2.75, 3.05) is 0 Å². The van der Waals surface area contributed by atoms with Crippen LogP contribution in [0.25, 0.3) is 34.0 Å². The van der Waals surface area contributed by atoms with E-state index in [0.717, 1.165) is 6.07 Å². The van der Waals surface area contributed by atoms with E-state index in [1.807, 2.05) is 6.07 Å². The van der Waals surface area contributed by atoms with Crippen molar-refractivity contribution in [3.63, 3.8) is 0 Å². The fraction of sp³-hybridized carbons (Fsp3) is 0.0500. The highest BCUT2D eigenvalue weighted by atomic mass is 19.4. The Kier molecular flexibility index (Phi) is 4.38. The molecule has 0 bridgehead atoms. The smallest absolute Gasteiger partial charge is 0.257 e. The lowest BCUT2D eigenvalue weighted by Crippen LogP contribution is -2.08. The molecule has 2 aromatic carbocycles. The van der Waals surface area contributed by atoms with Gasteiger partial charge in [0.25, 0.3) is 0 Å². The van der Waals surface area contributed by atoms with Gasteiger partial charge in [-0.2, -0.15) is 18.3 Å². The molecule has 1 N–H and O–H groups in total. The highest BCUT2D eigenvalue weighted by Gasteiger charge is 2.35. The number of hydrogen-bond acceptors (Lipinski definition) is 3. The van der Waals surface area contributed by atoms with Gasteiger partial charge in [-0.05, 0) is 23.8 Å². The van der Waals surface area contributed by atoms with Crippen molar-refractivity contribution < 1.29 is 17.6 Å². The summed E-state index contributed by atoms with van der Waals surface area (Å²) in [5, 5.41) is 6.37. The summed E-state index contributed by atoms with van der Waals surface area (Å²) in [7, 11) is 0. The normalized spacial score (nSPS) is 11.6. The Labute approximate surface area is 156 Å². The van der Waals surface area contributed by atoms with Crippen LogP contribution in [-0.2, 0) is 6.18 Å². The van der Waals surface area contributed by atoms with Crippen LogP contribution in [0.15, 0.2) is 66.9 Å². The number of benzene rings is 2. The summed E-state index contributed by atoms with van der Waals surface area (Å²) >= 11 is 0. The van der Waals surface area contributed by atoms with Crippen molar-refractivity contribution in [1.82, 2.24) is 20.2 Å². The highest BCUT2D eigenvalue weighted by Crippen LogP contribution is 2.35. The number of hydrogen-bond donors (Lipinski definition) is 1. The molecule has 0 saturated carbocycles. The molecule has 4 nitrogen and oxygen atoms in total. The number of nitrogens with one attached hydrogen (secondary N) is 1. The van der Waals surface area contributed by atoms with E-state index in [2.05, 4.69) is 20.2 Å². The topological polar surface area (TPSA) is 54.5 Å². The van der Waals surface area contributed by atoms with Gasteiger partial charge in [-0.3, -0.25) is 10.1 Å². The minimum Gasteiger partial charge on any atom is -0.257 e. The molecule has 28 heavy (non-hydrogen) atoms. The van der Waals surface area contributed by atoms with Crippen LogP contribution in [0.5, 0.6) is 0 Å². The molecule has 2 heterocycles. The molecule has 0 saturated heterocycles. The second kappa shape index (κ2) is 6.88. The number of alkyl halides is 3. The summed E-state index contributed by atoms with van der Waals surface area (Å²) in [5.41, 5.74) is 0.164. The van der Waals surface area contributed by atoms with E-state index < -0.39 is 17.6 Å². The summed E-state index contributed by atoms with van der Waals surface area (Å²) in [6.45, 7) is 0. The molecule has 140 valence electrons. The molecule has 0 aliphatic heterocycles. The summed E-state index contributed by atoms with van der Waals surface area (Å²) < 4.78 is 54.1. The fourth-order valence-corrected chi connectivity index (χ4v) is 2.83. The van der Waals surface area contributed by atoms with Crippen molar-refractivity contribution in [3.05, 3.63) is 78.2 Å². The maximum atomic E-state index is 14.5. The molecule has 4 aromatic rings. The second-order valence-electron chi connectivity index (χ2n) is 5.97. The van der Waals surface area contributed by atoms with Crippen molar-refractivity contribution in [2.24, 2.45) is 0 Å². The van der Waals surface area contributed by atoms with E-state index >= 15 is 0 Å². The van der Waals surface area contributed by atoms with E-state index in [0.29, 0.717) is 16.7 Å². The van der Waals surface area contributed by atoms with Crippen LogP contribution in [-0.4, -0.2) is 20.2 Å². The third kappa shape index (κ3) is 3.36. The summed E-state index contributed by atoms with van der Waals surface area (Å²) in [4.78, 5) is 7.84. The zero-order chi connectivity index (χ0) is 19.7. The molecule has 0 radical (unpaired) electrons. The summed E-state index contributed by atoms with van der Waals surface area (Å²) in [6, 6.07) is 15.5. The van der Waals surface area contributed by atoms with Gasteiger partial charge in [-0.15, -0.1) is 0 Å². The first-order valence-electron chi connectivity index (χ1n) is 8.24. The van der Waals surface area contributed by atoms with Gasteiger partial charge < -0.3 is 0 Å². The van der Waals surface area contributed by atoms with Gasteiger partial charge in [-0.1, -0.05) is 42.5 Å². The fourth-order valence-electron chi connectivity index (χ4n) is 2.83. The maximum Gasteiger partial charge on any atom is 0.418 e. The molecule has 0 aliphatic carbocycles. The molecule has 0 aliphatic rings. The molecule has 4 rings (SSSR count). The standard InChI is InChI=1S/C20H12F4N4/c21-16-11-13(8-9-14(16)12-5-2-1-3-6-12)18-26-19(28-27-18)17-15(20(22,23)24)7-4-10-25-17/h1-11H,(H,26,27,28). The largest absolute Gasteiger partial charge is 0.418 e. The van der Waals surface area contributed by atoms with Crippen LogP contribution in [0.1, 0.15) is 5.56 Å². The van der Waals surface area contributed by atoms with Gasteiger partial charge in [0.1, 0.15) is 11.5 Å². The van der Waals surface area contributed by atoms with Crippen LogP contribution in [0.3, 0.4) is 0 Å². The third-order valence-corrected chi connectivity index (χ3v) is 4.13. The molecular weight excluding hydrogens is 372 g/mol. The van der Waals surface area contributed by atoms with E-state index in [4.69, 9.17) is 0 Å². The Balaban J connectivity index is 1.71. The first kappa shape index (κ1) is 17.8. The van der Waals surface area contributed by atoms with Gasteiger partial charge in [0.2, 0.25) is 0 Å². The van der Waals surface area contributed by atoms with Gasteiger partial charge in [-0.25, -0.2) is 9.37 Å². The number of rotatable bonds is 3. The molecule has 0 amide bonds. The third-order valence-electron chi connectivity index (χ3n) is 4.13. The van der Waals surface area contributed by atoms with Gasteiger partial charge >= 0.3 is 6.18 Å². The molecule has 0 fully saturated rings. The van der Waals surface area contributed by atoms with Crippen LogP contribution in [0.2, 0.25) is 0 Å². The summed E-state index contributed by atoms with van der Waals surface area (Å²) in [5.74, 6) is -0.549. The average Bonchev–Trinajstić information content (AvgIpc) is 3.18. The van der Waals surface area contributed by atoms with E-state index in [1.54, 1.807) is 36.4 Å². The predicted octanol–water partition coefficient (Wildman–Crippen LogP) is 5.36. The van der Waals surface area contributed by atoms with Crippen molar-refractivity contribution in [1.29, 1.82) is 0 Å². The van der Waals surface area contributed by atoms with Gasteiger partial charge in [0.15, 0.2) is 11.6 Å². The Morgan fingerprint density at radius 2 is 1.64 bits per heavy atom. The molecule has 8 heteroatoms. The second-order valence-corrected chi connectivity index (χ2v) is 5.97. The zero-order valence-electron chi connectivity index (χ0n) is 14.2. The van der Waals surface area contributed by atoms with Crippen LogP contribution in [0, 0.1) is 5.82 Å². The van der Waals surface area contributed by atoms with Crippen molar-refractivity contribution in [3.8, 4) is 34.0 Å². The monoisotopic (exact) mass is 384 g/mol. The van der Waals surface area contributed by atoms with Crippen molar-refractivity contribution >= 4 is 0 Å². The number of aromatic nitrogens is 4. The Hall–Kier alpha value is -3.55. The number of aromatic amines is 1. The van der Waals surface area contributed by atoms with E-state index in [9.17, 15) is 17.6 Å². The van der Waals surface area contributed by atoms with Crippen LogP contribution >= 0.6 is 0 Å². The molecule has 0 spiro atoms. The number of halogens is 4. The molecule has 0 unspecified atom stereocenters. The number of nitrogens with zero attached hydrogens (tertiary/aromatic N) is 3. The summed E-state index contributed by atoms with van der Waals surface area (Å²) in [6.07, 6.45) is -3.35. The highest BCUT2D eigenvalue weighted by molar-refractivity contribution is 5.69. The van der Waals surface area contributed by atoms with Crippen molar-refractivity contribution in [2.45, 2.75) is 6.18 Å². The van der Waals surface area contributed by atoms with E-state index in [1.165, 1.54) is 18.3 Å². The molecular formula is C20H12F4N4. The lowest BCUT2D eigenvalue weighted by Gasteiger charge is -2.09. The minimum atomic E-state index is -4.58. The van der Waals surface area contributed by atoms with Gasteiger partial charge in [0.05, 0.1) is 5.56 Å². The SMILES string of the molecule is Fc1cc(-c2n[nH]c(-c3ncccc3C(F)(F)F)n2)ccc1-c1ccccc1. The number of H-pyrrole nitrogens is 1. The molecule has 2 aromatic heterocycles. The quantitative estimate of drug-likeness (QED) is 0.484. The Morgan fingerprint density at radius 1 is 0.857 bits per heavy atom. The van der Waals surface area contributed by atoms with Crippen LogP contribution < -0.4 is 0 Å². The lowest BCUT2D eigenvalue weighted by molar-refractivity contribution is -0.137. The van der Waals surface area contributed by atoms with E-state index in [-0.39, 0.29) is 17.3 Å². The first-order valence-corrected chi connectivity index (χ1v) is 8.24. The maximum absolute atomic E-state index is 14.5. The average molecular weight is 384 g/mol.